The van der Waals surface area contributed by atoms with E-state index in [0.717, 1.165) is 12.8 Å². The van der Waals surface area contributed by atoms with Gasteiger partial charge in [-0.05, 0) is 37.8 Å². The number of morpholine rings is 1. The summed E-state index contributed by atoms with van der Waals surface area (Å²) in [7, 11) is -3.24. The van der Waals surface area contributed by atoms with Gasteiger partial charge in [-0.3, -0.25) is 0 Å². The zero-order chi connectivity index (χ0) is 22.1. The second-order valence-corrected chi connectivity index (χ2v) is 9.25. The van der Waals surface area contributed by atoms with Crippen LogP contribution in [0.4, 0.5) is 17.6 Å². The van der Waals surface area contributed by atoms with Crippen molar-refractivity contribution < 1.29 is 45.4 Å². The monoisotopic (exact) mass is 456 g/mol. The van der Waals surface area contributed by atoms with Crippen LogP contribution in [0.5, 0.6) is 5.88 Å². The average Bonchev–Trinajstić information content (AvgIpc) is 3.46. The van der Waals surface area contributed by atoms with Gasteiger partial charge in [0.1, 0.15) is 12.2 Å². The molecule has 30 heavy (non-hydrogen) atoms. The zero-order valence-corrected chi connectivity index (χ0v) is 16.4. The molecule has 13 heteroatoms. The van der Waals surface area contributed by atoms with Crippen molar-refractivity contribution in [2.24, 2.45) is 0 Å². The molecule has 2 heterocycles. The number of aromatic nitrogens is 1. The van der Waals surface area contributed by atoms with Crippen LogP contribution in [-0.2, 0) is 19.6 Å². The highest BCUT2D eigenvalue weighted by atomic mass is 32.2. The smallest absolute Gasteiger partial charge is 0.475 e. The first-order chi connectivity index (χ1) is 14.0. The third kappa shape index (κ3) is 5.01. The largest absolute Gasteiger partial charge is 0.490 e. The van der Waals surface area contributed by atoms with Gasteiger partial charge in [0.25, 0.3) is 5.88 Å². The summed E-state index contributed by atoms with van der Waals surface area (Å²) in [5.74, 6) is -3.33. The molecule has 3 fully saturated rings. The van der Waals surface area contributed by atoms with Crippen molar-refractivity contribution in [2.75, 3.05) is 13.2 Å². The number of hydrogen-bond donors (Lipinski definition) is 1. The number of carboxylic acids is 1. The Morgan fingerprint density at radius 3 is 2.50 bits per heavy atom. The first-order valence-electron chi connectivity index (χ1n) is 9.21. The SMILES string of the molecule is O=C(O)C(F)(F)F.O=S(=O)(C1CC1)N1CCO[C@H]2[C@@H](Oc3ncccc3F)CC[C@@H]21. The lowest BCUT2D eigenvalue weighted by molar-refractivity contribution is -0.192. The highest BCUT2D eigenvalue weighted by Crippen LogP contribution is 2.39. The van der Waals surface area contributed by atoms with E-state index in [1.807, 2.05) is 0 Å². The molecule has 1 aromatic heterocycles. The van der Waals surface area contributed by atoms with Gasteiger partial charge in [0, 0.05) is 12.7 Å². The molecule has 0 aromatic carbocycles. The maximum Gasteiger partial charge on any atom is 0.490 e. The van der Waals surface area contributed by atoms with E-state index in [1.54, 1.807) is 4.31 Å². The van der Waals surface area contributed by atoms with Crippen molar-refractivity contribution >= 4 is 16.0 Å². The third-order valence-corrected chi connectivity index (χ3v) is 7.41. The number of aliphatic carboxylic acids is 1. The van der Waals surface area contributed by atoms with Crippen LogP contribution >= 0.6 is 0 Å². The van der Waals surface area contributed by atoms with Gasteiger partial charge in [0.15, 0.2) is 5.82 Å². The molecule has 1 aliphatic heterocycles. The number of sulfonamides is 1. The topological polar surface area (TPSA) is 106 Å². The summed E-state index contributed by atoms with van der Waals surface area (Å²) in [5, 5.41) is 6.90. The molecule has 0 bridgehead atoms. The Labute approximate surface area is 169 Å². The van der Waals surface area contributed by atoms with Crippen molar-refractivity contribution in [1.82, 2.24) is 9.29 Å². The molecule has 3 atom stereocenters. The van der Waals surface area contributed by atoms with Gasteiger partial charge >= 0.3 is 12.1 Å². The molecular weight excluding hydrogens is 436 g/mol. The second kappa shape index (κ2) is 8.63. The number of fused-ring (bicyclic) bond motifs is 1. The molecule has 2 aliphatic carbocycles. The molecule has 0 spiro atoms. The predicted octanol–water partition coefficient (Wildman–Crippen LogP) is 1.96. The highest BCUT2D eigenvalue weighted by molar-refractivity contribution is 7.90. The minimum Gasteiger partial charge on any atom is -0.475 e. The Balaban J connectivity index is 0.000000318. The van der Waals surface area contributed by atoms with E-state index in [0.29, 0.717) is 26.0 Å². The molecule has 0 radical (unpaired) electrons. The molecule has 1 saturated heterocycles. The van der Waals surface area contributed by atoms with Crippen LogP contribution in [0.3, 0.4) is 0 Å². The molecule has 8 nitrogen and oxygen atoms in total. The summed E-state index contributed by atoms with van der Waals surface area (Å²) < 4.78 is 83.6. The van der Waals surface area contributed by atoms with Crippen LogP contribution in [0.1, 0.15) is 25.7 Å². The van der Waals surface area contributed by atoms with Crippen LogP contribution in [-0.4, -0.2) is 71.6 Å². The first kappa shape index (κ1) is 22.7. The molecule has 1 N–H and O–H groups in total. The molecule has 4 rings (SSSR count). The standard InChI is InChI=1S/C15H19FN2O4S.C2HF3O2/c16-11-2-1-7-17-15(11)22-13-6-5-12-14(13)21-9-8-18(12)23(19,20)10-3-4-10;3-2(4,5)1(6)7/h1-2,7,10,12-14H,3-6,8-9H2;(H,6,7)/t12-,13-,14+;/m0./s1. The maximum absolute atomic E-state index is 13.7. The molecule has 168 valence electrons. The van der Waals surface area contributed by atoms with Gasteiger partial charge in [0.2, 0.25) is 10.0 Å². The Hall–Kier alpha value is -1.99. The van der Waals surface area contributed by atoms with Crippen molar-refractivity contribution in [3.8, 4) is 5.88 Å². The van der Waals surface area contributed by atoms with Gasteiger partial charge < -0.3 is 14.6 Å². The van der Waals surface area contributed by atoms with Crippen LogP contribution in [0.2, 0.25) is 0 Å². The maximum atomic E-state index is 13.7. The molecule has 1 aromatic rings. The van der Waals surface area contributed by atoms with E-state index in [2.05, 4.69) is 4.98 Å². The number of carboxylic acid groups (broad SMARTS) is 1. The number of halogens is 4. The lowest BCUT2D eigenvalue weighted by Gasteiger charge is -2.38. The third-order valence-electron chi connectivity index (χ3n) is 4.99. The van der Waals surface area contributed by atoms with E-state index in [4.69, 9.17) is 19.4 Å². The van der Waals surface area contributed by atoms with Gasteiger partial charge in [-0.1, -0.05) is 0 Å². The summed E-state index contributed by atoms with van der Waals surface area (Å²) in [4.78, 5) is 12.8. The summed E-state index contributed by atoms with van der Waals surface area (Å²) in [5.41, 5.74) is 0. The molecule has 0 unspecified atom stereocenters. The van der Waals surface area contributed by atoms with Crippen molar-refractivity contribution in [3.05, 3.63) is 24.1 Å². The number of ether oxygens (including phenoxy) is 2. The van der Waals surface area contributed by atoms with Gasteiger partial charge in [-0.2, -0.15) is 17.5 Å². The molecule has 2 saturated carbocycles. The zero-order valence-electron chi connectivity index (χ0n) is 15.6. The summed E-state index contributed by atoms with van der Waals surface area (Å²) in [6, 6.07) is 2.58. The average molecular weight is 456 g/mol. The minimum atomic E-state index is -5.08. The summed E-state index contributed by atoms with van der Waals surface area (Å²) in [6.45, 7) is 0.738. The van der Waals surface area contributed by atoms with Crippen molar-refractivity contribution in [1.29, 1.82) is 0 Å². The highest BCUT2D eigenvalue weighted by Gasteiger charge is 2.51. The number of nitrogens with zero attached hydrogens (tertiary/aromatic N) is 2. The number of rotatable bonds is 4. The second-order valence-electron chi connectivity index (χ2n) is 7.08. The van der Waals surface area contributed by atoms with E-state index in [-0.39, 0.29) is 29.4 Å². The lowest BCUT2D eigenvalue weighted by atomic mass is 10.1. The molecule has 3 aliphatic rings. The normalized spacial score (nSPS) is 27.0. The van der Waals surface area contributed by atoms with Gasteiger partial charge in [0.05, 0.1) is 17.9 Å². The number of pyridine rings is 1. The van der Waals surface area contributed by atoms with E-state index in [1.165, 1.54) is 18.3 Å². The number of hydrogen-bond acceptors (Lipinski definition) is 6. The fraction of sp³-hybridized carbons (Fsp3) is 0.647. The first-order valence-corrected chi connectivity index (χ1v) is 10.7. The quantitative estimate of drug-likeness (QED) is 0.691. The minimum absolute atomic E-state index is 0.0519. The van der Waals surface area contributed by atoms with Crippen LogP contribution in [0, 0.1) is 5.82 Å². The van der Waals surface area contributed by atoms with E-state index in [9.17, 15) is 26.0 Å². The Bertz CT molecular complexity index is 877. The molecular formula is C17H20F4N2O6S. The Kier molecular flexibility index (Phi) is 6.53. The Morgan fingerprint density at radius 2 is 1.93 bits per heavy atom. The summed E-state index contributed by atoms with van der Waals surface area (Å²) in [6.07, 6.45) is -1.57. The van der Waals surface area contributed by atoms with Crippen LogP contribution < -0.4 is 4.74 Å². The van der Waals surface area contributed by atoms with Crippen molar-refractivity contribution in [3.63, 3.8) is 0 Å². The van der Waals surface area contributed by atoms with E-state index < -0.39 is 28.0 Å². The van der Waals surface area contributed by atoms with Gasteiger partial charge in [-0.15, -0.1) is 0 Å². The number of alkyl halides is 3. The number of carbonyl (C=O) groups is 1. The predicted molar refractivity (Wildman–Crippen MR) is 93.7 cm³/mol. The lowest BCUT2D eigenvalue weighted by Crippen LogP contribution is -2.55. The van der Waals surface area contributed by atoms with Crippen LogP contribution in [0.25, 0.3) is 0 Å². The van der Waals surface area contributed by atoms with Gasteiger partial charge in [-0.25, -0.2) is 22.6 Å². The van der Waals surface area contributed by atoms with Crippen LogP contribution in [0.15, 0.2) is 18.3 Å². The van der Waals surface area contributed by atoms with E-state index >= 15 is 0 Å². The fourth-order valence-corrected chi connectivity index (χ4v) is 5.53. The van der Waals surface area contributed by atoms with Crippen molar-refractivity contribution in [2.45, 2.75) is 55.4 Å². The molecule has 0 amide bonds. The fourth-order valence-electron chi connectivity index (χ4n) is 3.48. The Morgan fingerprint density at radius 1 is 1.27 bits per heavy atom. The summed E-state index contributed by atoms with van der Waals surface area (Å²) >= 11 is 0.